The van der Waals surface area contributed by atoms with Crippen LogP contribution in [0.5, 0.6) is 0 Å². The molecule has 126 valence electrons. The van der Waals surface area contributed by atoms with Crippen molar-refractivity contribution in [1.29, 1.82) is 0 Å². The van der Waals surface area contributed by atoms with Crippen LogP contribution in [0.3, 0.4) is 0 Å². The Labute approximate surface area is 147 Å². The van der Waals surface area contributed by atoms with Crippen LogP contribution < -0.4 is 0 Å². The second kappa shape index (κ2) is 4.75. The smallest absolute Gasteiger partial charge is 0.125 e. The number of hydrogen-bond donors (Lipinski definition) is 0. The van der Waals surface area contributed by atoms with Crippen LogP contribution in [0.4, 0.5) is 4.39 Å². The number of aromatic nitrogens is 1. The van der Waals surface area contributed by atoms with E-state index in [0.717, 1.165) is 28.7 Å². The van der Waals surface area contributed by atoms with Gasteiger partial charge in [0.25, 0.3) is 0 Å². The van der Waals surface area contributed by atoms with Gasteiger partial charge in [0, 0.05) is 16.6 Å². The fourth-order valence-corrected chi connectivity index (χ4v) is 6.55. The van der Waals surface area contributed by atoms with E-state index in [4.69, 9.17) is 0 Å². The van der Waals surface area contributed by atoms with E-state index in [1.165, 1.54) is 43.4 Å². The molecule has 4 aliphatic carbocycles. The van der Waals surface area contributed by atoms with Crippen molar-refractivity contribution >= 4 is 10.9 Å². The van der Waals surface area contributed by atoms with Crippen molar-refractivity contribution in [3.05, 3.63) is 60.4 Å². The van der Waals surface area contributed by atoms with Crippen molar-refractivity contribution < 1.29 is 4.39 Å². The second-order valence-electron chi connectivity index (χ2n) is 8.63. The van der Waals surface area contributed by atoms with Crippen molar-refractivity contribution in [3.63, 3.8) is 0 Å². The van der Waals surface area contributed by atoms with Gasteiger partial charge in [-0.1, -0.05) is 30.3 Å². The van der Waals surface area contributed by atoms with E-state index in [1.54, 1.807) is 12.1 Å². The van der Waals surface area contributed by atoms with E-state index < -0.39 is 0 Å². The zero-order chi connectivity index (χ0) is 16.6. The highest BCUT2D eigenvalue weighted by atomic mass is 19.1. The Morgan fingerprint density at radius 2 is 1.64 bits per heavy atom. The van der Waals surface area contributed by atoms with Gasteiger partial charge < -0.3 is 4.57 Å². The first-order valence-electron chi connectivity index (χ1n) is 9.59. The lowest BCUT2D eigenvalue weighted by Crippen LogP contribution is -2.37. The first-order chi connectivity index (χ1) is 12.2. The maximum atomic E-state index is 14.1. The lowest BCUT2D eigenvalue weighted by Gasteiger charge is -2.41. The molecule has 25 heavy (non-hydrogen) atoms. The molecule has 4 aliphatic rings. The van der Waals surface area contributed by atoms with Crippen molar-refractivity contribution in [3.8, 4) is 11.3 Å². The van der Waals surface area contributed by atoms with Crippen LogP contribution in [0.1, 0.15) is 32.1 Å². The zero-order valence-corrected chi connectivity index (χ0v) is 14.3. The predicted octanol–water partition coefficient (Wildman–Crippen LogP) is 5.98. The molecule has 4 fully saturated rings. The summed E-state index contributed by atoms with van der Waals surface area (Å²) < 4.78 is 16.6. The minimum atomic E-state index is -0.127. The van der Waals surface area contributed by atoms with Crippen LogP contribution in [0.2, 0.25) is 0 Å². The van der Waals surface area contributed by atoms with Gasteiger partial charge in [0.2, 0.25) is 0 Å². The molecular formula is C23H22FN. The number of nitrogens with zero attached hydrogens (tertiary/aromatic N) is 1. The normalized spacial score (nSPS) is 32.8. The van der Waals surface area contributed by atoms with Gasteiger partial charge in [0.05, 0.1) is 5.52 Å². The molecule has 7 rings (SSSR count). The molecule has 0 aliphatic heterocycles. The molecule has 0 spiro atoms. The Morgan fingerprint density at radius 3 is 2.36 bits per heavy atom. The van der Waals surface area contributed by atoms with Crippen LogP contribution in [0, 0.1) is 23.6 Å². The Bertz CT molecular complexity index is 951. The van der Waals surface area contributed by atoms with Crippen molar-refractivity contribution in [2.24, 2.45) is 17.8 Å². The fourth-order valence-electron chi connectivity index (χ4n) is 6.55. The molecule has 3 aromatic rings. The highest BCUT2D eigenvalue weighted by Gasteiger charge is 2.57. The average molecular weight is 331 g/mol. The third-order valence-electron chi connectivity index (χ3n) is 7.20. The van der Waals surface area contributed by atoms with Gasteiger partial charge in [-0.25, -0.2) is 4.39 Å². The molecule has 2 heteroatoms. The number of rotatable bonds is 2. The summed E-state index contributed by atoms with van der Waals surface area (Å²) >= 11 is 0. The molecule has 1 nitrogen and oxygen atoms in total. The van der Waals surface area contributed by atoms with Crippen LogP contribution in [0.25, 0.3) is 22.2 Å². The van der Waals surface area contributed by atoms with E-state index in [1.807, 2.05) is 6.07 Å². The van der Waals surface area contributed by atoms with E-state index >= 15 is 0 Å². The monoisotopic (exact) mass is 331 g/mol. The molecule has 2 aromatic carbocycles. The molecule has 0 radical (unpaired) electrons. The number of benzene rings is 2. The minimum absolute atomic E-state index is 0.127. The van der Waals surface area contributed by atoms with Gasteiger partial charge in [-0.05, 0) is 79.7 Å². The quantitative estimate of drug-likeness (QED) is 0.544. The van der Waals surface area contributed by atoms with Gasteiger partial charge in [-0.15, -0.1) is 0 Å². The minimum Gasteiger partial charge on any atom is -0.334 e. The lowest BCUT2D eigenvalue weighted by molar-refractivity contribution is 0.158. The summed E-state index contributed by atoms with van der Waals surface area (Å²) in [5.41, 5.74) is 3.80. The summed E-state index contributed by atoms with van der Waals surface area (Å²) in [6.07, 6.45) is 6.71. The fraction of sp³-hybridized carbons (Fsp3) is 0.391. The molecule has 2 atom stereocenters. The molecule has 4 bridgehead atoms. The SMILES string of the molecule is Fc1ccc2cc(-c3ccccc3)n(C34CC5CC(C3)C(C5)C4)c2c1. The van der Waals surface area contributed by atoms with E-state index in [2.05, 4.69) is 41.0 Å². The van der Waals surface area contributed by atoms with Crippen LogP contribution >= 0.6 is 0 Å². The Morgan fingerprint density at radius 1 is 0.880 bits per heavy atom. The molecular weight excluding hydrogens is 309 g/mol. The lowest BCUT2D eigenvalue weighted by atomic mass is 9.75. The van der Waals surface area contributed by atoms with Gasteiger partial charge in [-0.3, -0.25) is 0 Å². The van der Waals surface area contributed by atoms with Gasteiger partial charge in [0.1, 0.15) is 5.82 Å². The Balaban J connectivity index is 1.64. The molecule has 0 amide bonds. The third kappa shape index (κ3) is 1.88. The van der Waals surface area contributed by atoms with Crippen LogP contribution in [-0.4, -0.2) is 4.57 Å². The highest BCUT2D eigenvalue weighted by Crippen LogP contribution is 2.64. The largest absolute Gasteiger partial charge is 0.334 e. The summed E-state index contributed by atoms with van der Waals surface area (Å²) in [4.78, 5) is 0. The van der Waals surface area contributed by atoms with E-state index in [9.17, 15) is 4.39 Å². The molecule has 4 saturated carbocycles. The average Bonchev–Trinajstić information content (AvgIpc) is 3.21. The standard InChI is InChI=1S/C23H22FN/c24-20-7-6-17-10-21(16-4-2-1-3-5-16)25(22(17)11-20)23-12-15-8-18(13-23)19(9-15)14-23/h1-7,10-11,15,18-19H,8-9,12-14H2. The summed E-state index contributed by atoms with van der Waals surface area (Å²) in [5.74, 6) is 2.55. The maximum absolute atomic E-state index is 14.1. The predicted molar refractivity (Wildman–Crippen MR) is 98.9 cm³/mol. The van der Waals surface area contributed by atoms with E-state index in [-0.39, 0.29) is 11.4 Å². The Kier molecular flexibility index (Phi) is 2.68. The first kappa shape index (κ1) is 14.1. The van der Waals surface area contributed by atoms with Gasteiger partial charge in [-0.2, -0.15) is 0 Å². The van der Waals surface area contributed by atoms with E-state index in [0.29, 0.717) is 0 Å². The van der Waals surface area contributed by atoms with Crippen molar-refractivity contribution in [2.75, 3.05) is 0 Å². The molecule has 1 aromatic heterocycles. The highest BCUT2D eigenvalue weighted by molar-refractivity contribution is 5.87. The maximum Gasteiger partial charge on any atom is 0.125 e. The summed E-state index contributed by atoms with van der Waals surface area (Å²) in [7, 11) is 0. The summed E-state index contributed by atoms with van der Waals surface area (Å²) in [6.45, 7) is 0. The number of fused-ring (bicyclic) bond motifs is 1. The molecule has 0 saturated heterocycles. The molecule has 0 N–H and O–H groups in total. The summed E-state index contributed by atoms with van der Waals surface area (Å²) in [5, 5.41) is 1.16. The molecule has 1 heterocycles. The number of hydrogen-bond acceptors (Lipinski definition) is 0. The topological polar surface area (TPSA) is 4.93 Å². The second-order valence-corrected chi connectivity index (χ2v) is 8.63. The van der Waals surface area contributed by atoms with Gasteiger partial charge >= 0.3 is 0 Å². The summed E-state index contributed by atoms with van der Waals surface area (Å²) in [6, 6.07) is 18.2. The zero-order valence-electron chi connectivity index (χ0n) is 14.3. The van der Waals surface area contributed by atoms with Crippen LogP contribution in [0.15, 0.2) is 54.6 Å². The van der Waals surface area contributed by atoms with Gasteiger partial charge in [0.15, 0.2) is 0 Å². The number of halogens is 1. The van der Waals surface area contributed by atoms with Crippen molar-refractivity contribution in [2.45, 2.75) is 37.6 Å². The molecule has 2 unspecified atom stereocenters. The van der Waals surface area contributed by atoms with Crippen molar-refractivity contribution in [1.82, 2.24) is 4.57 Å². The Hall–Kier alpha value is -2.09. The third-order valence-corrected chi connectivity index (χ3v) is 7.20. The van der Waals surface area contributed by atoms with Crippen LogP contribution in [-0.2, 0) is 5.54 Å². The first-order valence-corrected chi connectivity index (χ1v) is 9.59.